The van der Waals surface area contributed by atoms with E-state index in [1.54, 1.807) is 14.2 Å². The van der Waals surface area contributed by atoms with Crippen molar-refractivity contribution < 1.29 is 14.4 Å². The van der Waals surface area contributed by atoms with Gasteiger partial charge in [0.15, 0.2) is 11.5 Å². The van der Waals surface area contributed by atoms with E-state index in [1.165, 1.54) is 22.9 Å². The summed E-state index contributed by atoms with van der Waals surface area (Å²) in [5.74, 6) is 1.26. The Hall–Kier alpha value is -2.87. The molecular weight excluding hydrogens is 314 g/mol. The van der Waals surface area contributed by atoms with Gasteiger partial charge in [-0.25, -0.2) is 0 Å². The quantitative estimate of drug-likeness (QED) is 0.568. The molecule has 0 aliphatic rings. The third-order valence-electron chi connectivity index (χ3n) is 3.47. The summed E-state index contributed by atoms with van der Waals surface area (Å²) in [5.41, 5.74) is 0.558. The number of nitro groups is 1. The molecule has 2 aromatic rings. The van der Waals surface area contributed by atoms with Gasteiger partial charge in [0.25, 0.3) is 11.2 Å². The maximum atomic E-state index is 11.8. The van der Waals surface area contributed by atoms with Crippen LogP contribution < -0.4 is 15.0 Å². The first kappa shape index (κ1) is 17.5. The van der Waals surface area contributed by atoms with Crippen molar-refractivity contribution >= 4 is 5.69 Å². The van der Waals surface area contributed by atoms with Crippen molar-refractivity contribution in [2.75, 3.05) is 21.3 Å². The van der Waals surface area contributed by atoms with E-state index in [1.807, 2.05) is 30.1 Å². The van der Waals surface area contributed by atoms with E-state index in [0.717, 1.165) is 5.56 Å². The van der Waals surface area contributed by atoms with Crippen molar-refractivity contribution in [1.82, 2.24) is 9.47 Å². The van der Waals surface area contributed by atoms with Crippen LogP contribution in [0.25, 0.3) is 0 Å². The normalized spacial score (nSPS) is 10.7. The highest BCUT2D eigenvalue weighted by atomic mass is 16.6. The van der Waals surface area contributed by atoms with Crippen molar-refractivity contribution in [3.8, 4) is 11.5 Å². The van der Waals surface area contributed by atoms with Crippen molar-refractivity contribution in [2.24, 2.45) is 0 Å². The average Bonchev–Trinajstić information content (AvgIpc) is 2.56. The fourth-order valence-electron chi connectivity index (χ4n) is 2.34. The minimum atomic E-state index is -0.524. The van der Waals surface area contributed by atoms with Crippen LogP contribution in [0.4, 0.5) is 5.69 Å². The van der Waals surface area contributed by atoms with Crippen molar-refractivity contribution in [2.45, 2.75) is 13.2 Å². The summed E-state index contributed by atoms with van der Waals surface area (Å²) in [6.45, 7) is 0.768. The monoisotopic (exact) mass is 333 g/mol. The summed E-state index contributed by atoms with van der Waals surface area (Å²) in [7, 11) is 4.95. The molecule has 8 heteroatoms. The van der Waals surface area contributed by atoms with E-state index in [2.05, 4.69) is 0 Å². The van der Waals surface area contributed by atoms with Crippen LogP contribution >= 0.6 is 0 Å². The second-order valence-electron chi connectivity index (χ2n) is 5.30. The van der Waals surface area contributed by atoms with Crippen LogP contribution in [0.2, 0.25) is 0 Å². The van der Waals surface area contributed by atoms with Crippen LogP contribution in [0.1, 0.15) is 5.56 Å². The number of methoxy groups -OCH3 is 2. The van der Waals surface area contributed by atoms with Crippen LogP contribution in [0, 0.1) is 10.1 Å². The number of benzene rings is 1. The molecule has 2 rings (SSSR count). The van der Waals surface area contributed by atoms with Crippen molar-refractivity contribution in [3.05, 3.63) is 62.6 Å². The largest absolute Gasteiger partial charge is 0.493 e. The van der Waals surface area contributed by atoms with Gasteiger partial charge in [0.05, 0.1) is 32.0 Å². The molecule has 1 heterocycles. The Morgan fingerprint density at radius 1 is 1.17 bits per heavy atom. The Balaban J connectivity index is 2.14. The zero-order valence-corrected chi connectivity index (χ0v) is 13.8. The second-order valence-corrected chi connectivity index (χ2v) is 5.30. The zero-order chi connectivity index (χ0) is 17.7. The maximum Gasteiger partial charge on any atom is 0.285 e. The molecule has 0 aliphatic carbocycles. The molecular formula is C16H19N3O5. The first-order chi connectivity index (χ1) is 11.4. The minimum absolute atomic E-state index is 0.117. The molecule has 0 bridgehead atoms. The van der Waals surface area contributed by atoms with E-state index in [9.17, 15) is 14.9 Å². The lowest BCUT2D eigenvalue weighted by molar-refractivity contribution is -0.385. The number of rotatable bonds is 7. The Kier molecular flexibility index (Phi) is 5.54. The van der Waals surface area contributed by atoms with E-state index in [4.69, 9.17) is 9.47 Å². The van der Waals surface area contributed by atoms with Crippen LogP contribution in [0.3, 0.4) is 0 Å². The van der Waals surface area contributed by atoms with Crippen LogP contribution in [-0.4, -0.2) is 35.7 Å². The maximum absolute atomic E-state index is 11.8. The SMILES string of the molecule is COc1ccc(CN(C)Cn2cc([N+](=O)[O-])ccc2=O)cc1OC. The number of ether oxygens (including phenoxy) is 2. The van der Waals surface area contributed by atoms with Gasteiger partial charge < -0.3 is 9.47 Å². The van der Waals surface area contributed by atoms with Gasteiger partial charge in [0.1, 0.15) is 0 Å². The molecule has 128 valence electrons. The highest BCUT2D eigenvalue weighted by Crippen LogP contribution is 2.27. The van der Waals surface area contributed by atoms with E-state index in [0.29, 0.717) is 18.0 Å². The number of aromatic nitrogens is 1. The molecule has 0 saturated heterocycles. The zero-order valence-electron chi connectivity index (χ0n) is 13.8. The number of nitrogens with zero attached hydrogens (tertiary/aromatic N) is 3. The summed E-state index contributed by atoms with van der Waals surface area (Å²) in [6, 6.07) is 7.96. The Morgan fingerprint density at radius 3 is 2.50 bits per heavy atom. The van der Waals surface area contributed by atoms with Gasteiger partial charge >= 0.3 is 0 Å². The van der Waals surface area contributed by atoms with Gasteiger partial charge in [-0.15, -0.1) is 0 Å². The highest BCUT2D eigenvalue weighted by molar-refractivity contribution is 5.42. The summed E-state index contributed by atoms with van der Waals surface area (Å²) in [4.78, 5) is 24.0. The molecule has 0 amide bonds. The van der Waals surface area contributed by atoms with Gasteiger partial charge in [0, 0.05) is 18.7 Å². The summed E-state index contributed by atoms with van der Waals surface area (Å²) in [5, 5.41) is 10.8. The van der Waals surface area contributed by atoms with Gasteiger partial charge in [-0.05, 0) is 24.7 Å². The fraction of sp³-hybridized carbons (Fsp3) is 0.312. The van der Waals surface area contributed by atoms with Gasteiger partial charge in [0.2, 0.25) is 0 Å². The Labute approximate surface area is 139 Å². The Morgan fingerprint density at radius 2 is 1.88 bits per heavy atom. The molecule has 1 aromatic heterocycles. The molecule has 0 saturated carbocycles. The molecule has 0 N–H and O–H groups in total. The van der Waals surface area contributed by atoms with Gasteiger partial charge in [-0.1, -0.05) is 6.07 Å². The van der Waals surface area contributed by atoms with Gasteiger partial charge in [-0.2, -0.15) is 0 Å². The first-order valence-corrected chi connectivity index (χ1v) is 7.19. The highest BCUT2D eigenvalue weighted by Gasteiger charge is 2.11. The molecule has 0 radical (unpaired) electrons. The predicted octanol–water partition coefficient (Wildman–Crippen LogP) is 1.86. The number of pyridine rings is 1. The predicted molar refractivity (Wildman–Crippen MR) is 88.4 cm³/mol. The molecule has 1 aromatic carbocycles. The van der Waals surface area contributed by atoms with Gasteiger partial charge in [-0.3, -0.25) is 24.4 Å². The van der Waals surface area contributed by atoms with E-state index >= 15 is 0 Å². The molecule has 0 spiro atoms. The average molecular weight is 333 g/mol. The van der Waals surface area contributed by atoms with Crippen molar-refractivity contribution in [3.63, 3.8) is 0 Å². The molecule has 24 heavy (non-hydrogen) atoms. The smallest absolute Gasteiger partial charge is 0.285 e. The topological polar surface area (TPSA) is 86.8 Å². The fourth-order valence-corrected chi connectivity index (χ4v) is 2.34. The first-order valence-electron chi connectivity index (χ1n) is 7.19. The lowest BCUT2D eigenvalue weighted by Gasteiger charge is -2.18. The molecule has 0 unspecified atom stereocenters. The standard InChI is InChI=1S/C16H19N3O5/c1-17(9-12-4-6-14(23-2)15(8-12)24-3)11-18-10-13(19(21)22)5-7-16(18)20/h4-8,10H,9,11H2,1-3H3. The lowest BCUT2D eigenvalue weighted by Crippen LogP contribution is -2.29. The summed E-state index contributed by atoms with van der Waals surface area (Å²) in [6.07, 6.45) is 1.24. The number of hydrogen-bond donors (Lipinski definition) is 0. The molecule has 0 atom stereocenters. The van der Waals surface area contributed by atoms with E-state index in [-0.39, 0.29) is 17.9 Å². The van der Waals surface area contributed by atoms with Crippen LogP contribution in [-0.2, 0) is 13.2 Å². The lowest BCUT2D eigenvalue weighted by atomic mass is 10.2. The summed E-state index contributed by atoms with van der Waals surface area (Å²) >= 11 is 0. The minimum Gasteiger partial charge on any atom is -0.493 e. The van der Waals surface area contributed by atoms with E-state index < -0.39 is 4.92 Å². The van der Waals surface area contributed by atoms with Crippen LogP contribution in [0.5, 0.6) is 11.5 Å². The molecule has 0 fully saturated rings. The molecule has 0 aliphatic heterocycles. The third-order valence-corrected chi connectivity index (χ3v) is 3.47. The third kappa shape index (κ3) is 4.11. The molecule has 8 nitrogen and oxygen atoms in total. The van der Waals surface area contributed by atoms with Crippen LogP contribution in [0.15, 0.2) is 41.3 Å². The summed E-state index contributed by atoms with van der Waals surface area (Å²) < 4.78 is 11.8. The van der Waals surface area contributed by atoms with Crippen molar-refractivity contribution in [1.29, 1.82) is 0 Å². The Bertz CT molecular complexity index is 788. The second kappa shape index (κ2) is 7.60. The number of hydrogen-bond acceptors (Lipinski definition) is 6.